The molecule has 24 heavy (non-hydrogen) atoms. The van der Waals surface area contributed by atoms with E-state index in [2.05, 4.69) is 5.32 Å². The molecule has 0 bridgehead atoms. The number of fused-ring (bicyclic) bond motifs is 2. The molecule has 0 radical (unpaired) electrons. The maximum absolute atomic E-state index is 12.5. The maximum atomic E-state index is 12.5. The van der Waals surface area contributed by atoms with Gasteiger partial charge < -0.3 is 24.8 Å². The van der Waals surface area contributed by atoms with Crippen molar-refractivity contribution in [2.45, 2.75) is 12.8 Å². The highest BCUT2D eigenvalue weighted by Crippen LogP contribution is 2.39. The number of benzene rings is 1. The number of amides is 1. The second-order valence-electron chi connectivity index (χ2n) is 6.75. The summed E-state index contributed by atoms with van der Waals surface area (Å²) in [5.41, 5.74) is 0.204. The quantitative estimate of drug-likeness (QED) is 0.834. The number of carbonyl (C=O) groups excluding carboxylic acids is 1. The number of carboxylic acid groups (broad SMARTS) is 1. The summed E-state index contributed by atoms with van der Waals surface area (Å²) in [6, 6.07) is 5.69. The molecular formula is C17H20N2O5. The summed E-state index contributed by atoms with van der Waals surface area (Å²) in [5.74, 6) is 0.663. The van der Waals surface area contributed by atoms with Crippen molar-refractivity contribution < 1.29 is 24.2 Å². The number of rotatable bonds is 4. The van der Waals surface area contributed by atoms with E-state index >= 15 is 0 Å². The lowest BCUT2D eigenvalue weighted by molar-refractivity contribution is -0.148. The van der Waals surface area contributed by atoms with Crippen molar-refractivity contribution in [2.75, 3.05) is 33.0 Å². The summed E-state index contributed by atoms with van der Waals surface area (Å²) in [4.78, 5) is 25.9. The molecule has 2 atom stereocenters. The van der Waals surface area contributed by atoms with Crippen molar-refractivity contribution in [3.8, 4) is 11.5 Å². The van der Waals surface area contributed by atoms with Gasteiger partial charge in [-0.15, -0.1) is 0 Å². The van der Waals surface area contributed by atoms with Gasteiger partial charge in [-0.3, -0.25) is 9.59 Å². The molecule has 7 heteroatoms. The van der Waals surface area contributed by atoms with Gasteiger partial charge in [-0.2, -0.15) is 0 Å². The van der Waals surface area contributed by atoms with Crippen molar-refractivity contribution in [3.63, 3.8) is 0 Å². The third-order valence-electron chi connectivity index (χ3n) is 5.37. The highest BCUT2D eigenvalue weighted by Gasteiger charge is 2.55. The minimum atomic E-state index is -0.811. The van der Waals surface area contributed by atoms with E-state index in [0.29, 0.717) is 44.8 Å². The van der Waals surface area contributed by atoms with Crippen molar-refractivity contribution in [2.24, 2.45) is 11.3 Å². The number of aryl methyl sites for hydroxylation is 1. The third kappa shape index (κ3) is 2.39. The average molecular weight is 332 g/mol. The van der Waals surface area contributed by atoms with Gasteiger partial charge >= 0.3 is 5.97 Å². The fraction of sp³-hybridized carbons (Fsp3) is 0.529. The molecule has 3 heterocycles. The zero-order chi connectivity index (χ0) is 16.7. The van der Waals surface area contributed by atoms with E-state index in [1.54, 1.807) is 4.90 Å². The topological polar surface area (TPSA) is 88.1 Å². The molecule has 2 N–H and O–H groups in total. The molecule has 7 nitrogen and oxygen atoms in total. The molecule has 0 aromatic heterocycles. The molecule has 1 aromatic rings. The summed E-state index contributed by atoms with van der Waals surface area (Å²) in [6.07, 6.45) is 0.977. The Kier molecular flexibility index (Phi) is 3.60. The summed E-state index contributed by atoms with van der Waals surface area (Å²) in [7, 11) is 0. The largest absolute Gasteiger partial charge is 0.481 e. The first-order chi connectivity index (χ1) is 11.6. The van der Waals surface area contributed by atoms with E-state index in [1.165, 1.54) is 0 Å². The molecule has 2 fully saturated rings. The number of nitrogens with zero attached hydrogens (tertiary/aromatic N) is 1. The highest BCUT2D eigenvalue weighted by molar-refractivity contribution is 5.82. The summed E-state index contributed by atoms with van der Waals surface area (Å²) < 4.78 is 10.6. The first kappa shape index (κ1) is 15.3. The maximum Gasteiger partial charge on any atom is 0.313 e. The predicted molar refractivity (Wildman–Crippen MR) is 83.9 cm³/mol. The number of hydrogen-bond acceptors (Lipinski definition) is 5. The van der Waals surface area contributed by atoms with Crippen molar-refractivity contribution in [1.29, 1.82) is 0 Å². The SMILES string of the molecule is O=C(CCc1ccc2c(c1)OCO2)N1C[C@@H]2CNC[C@]2(C(=O)O)C1. The fourth-order valence-electron chi connectivity index (χ4n) is 3.92. The van der Waals surface area contributed by atoms with Crippen LogP contribution in [0.3, 0.4) is 0 Å². The van der Waals surface area contributed by atoms with Crippen LogP contribution in [-0.4, -0.2) is 54.9 Å². The molecule has 3 aliphatic rings. The predicted octanol–water partition coefficient (Wildman–Crippen LogP) is 0.480. The van der Waals surface area contributed by atoms with Crippen LogP contribution in [0.15, 0.2) is 18.2 Å². The van der Waals surface area contributed by atoms with E-state index in [1.807, 2.05) is 18.2 Å². The number of aliphatic carboxylic acids is 1. The van der Waals surface area contributed by atoms with Gasteiger partial charge in [-0.05, 0) is 24.1 Å². The summed E-state index contributed by atoms with van der Waals surface area (Å²) >= 11 is 0. The Balaban J connectivity index is 1.38. The number of hydrogen-bond donors (Lipinski definition) is 2. The van der Waals surface area contributed by atoms with Gasteiger partial charge in [-0.25, -0.2) is 0 Å². The van der Waals surface area contributed by atoms with Gasteiger partial charge in [0.1, 0.15) is 5.41 Å². The highest BCUT2D eigenvalue weighted by atomic mass is 16.7. The Morgan fingerprint density at radius 3 is 2.96 bits per heavy atom. The van der Waals surface area contributed by atoms with Crippen LogP contribution in [0.4, 0.5) is 0 Å². The molecule has 128 valence electrons. The van der Waals surface area contributed by atoms with Gasteiger partial charge in [0.25, 0.3) is 0 Å². The lowest BCUT2D eigenvalue weighted by atomic mass is 9.81. The first-order valence-corrected chi connectivity index (χ1v) is 8.19. The fourth-order valence-corrected chi connectivity index (χ4v) is 3.92. The van der Waals surface area contributed by atoms with Crippen LogP contribution in [-0.2, 0) is 16.0 Å². The molecule has 3 aliphatic heterocycles. The van der Waals surface area contributed by atoms with Crippen LogP contribution in [0.25, 0.3) is 0 Å². The minimum absolute atomic E-state index is 0.00416. The molecule has 4 rings (SSSR count). The van der Waals surface area contributed by atoms with Gasteiger partial charge in [0.15, 0.2) is 11.5 Å². The number of carbonyl (C=O) groups is 2. The van der Waals surface area contributed by atoms with Gasteiger partial charge in [0, 0.05) is 38.5 Å². The third-order valence-corrected chi connectivity index (χ3v) is 5.37. The van der Waals surface area contributed by atoms with Crippen LogP contribution in [0.1, 0.15) is 12.0 Å². The average Bonchev–Trinajstić information content (AvgIpc) is 3.25. The standard InChI is InChI=1S/C17H20N2O5/c20-15(4-2-11-1-3-13-14(5-11)24-10-23-13)19-7-12-6-18-8-17(12,9-19)16(21)22/h1,3,5,12,18H,2,4,6-10H2,(H,21,22)/t12-,17-/m0/s1. The minimum Gasteiger partial charge on any atom is -0.481 e. The van der Waals surface area contributed by atoms with E-state index in [4.69, 9.17) is 9.47 Å². The molecular weight excluding hydrogens is 312 g/mol. The van der Waals surface area contributed by atoms with Crippen LogP contribution >= 0.6 is 0 Å². The summed E-state index contributed by atoms with van der Waals surface area (Å²) in [5, 5.41) is 12.7. The van der Waals surface area contributed by atoms with E-state index in [9.17, 15) is 14.7 Å². The number of likely N-dealkylation sites (tertiary alicyclic amines) is 1. The van der Waals surface area contributed by atoms with Crippen molar-refractivity contribution >= 4 is 11.9 Å². The Hall–Kier alpha value is -2.28. The molecule has 1 amide bonds. The van der Waals surface area contributed by atoms with E-state index < -0.39 is 11.4 Å². The zero-order valence-electron chi connectivity index (χ0n) is 13.3. The van der Waals surface area contributed by atoms with Crippen LogP contribution in [0.2, 0.25) is 0 Å². The second kappa shape index (κ2) is 5.66. The van der Waals surface area contributed by atoms with Crippen LogP contribution < -0.4 is 14.8 Å². The molecule has 1 aromatic carbocycles. The molecule has 2 saturated heterocycles. The van der Waals surface area contributed by atoms with Gasteiger partial charge in [0.2, 0.25) is 12.7 Å². The lowest BCUT2D eigenvalue weighted by Gasteiger charge is -2.22. The normalized spacial score (nSPS) is 27.3. The summed E-state index contributed by atoms with van der Waals surface area (Å²) in [6.45, 7) is 2.18. The second-order valence-corrected chi connectivity index (χ2v) is 6.75. The molecule has 0 unspecified atom stereocenters. The van der Waals surface area contributed by atoms with Gasteiger partial charge in [-0.1, -0.05) is 6.07 Å². The smallest absolute Gasteiger partial charge is 0.313 e. The van der Waals surface area contributed by atoms with E-state index in [-0.39, 0.29) is 18.6 Å². The van der Waals surface area contributed by atoms with Crippen molar-refractivity contribution in [3.05, 3.63) is 23.8 Å². The first-order valence-electron chi connectivity index (χ1n) is 8.19. The van der Waals surface area contributed by atoms with Crippen LogP contribution in [0, 0.1) is 11.3 Å². The number of nitrogens with one attached hydrogen (secondary N) is 1. The molecule has 0 aliphatic carbocycles. The Bertz CT molecular complexity index is 692. The monoisotopic (exact) mass is 332 g/mol. The number of ether oxygens (including phenoxy) is 2. The van der Waals surface area contributed by atoms with Gasteiger partial charge in [0.05, 0.1) is 0 Å². The van der Waals surface area contributed by atoms with E-state index in [0.717, 1.165) is 11.3 Å². The zero-order valence-corrected chi connectivity index (χ0v) is 13.3. The van der Waals surface area contributed by atoms with Crippen molar-refractivity contribution in [1.82, 2.24) is 10.2 Å². The molecule has 0 saturated carbocycles. The Labute approximate surface area is 139 Å². The molecule has 0 spiro atoms. The Morgan fingerprint density at radius 1 is 1.33 bits per heavy atom. The van der Waals surface area contributed by atoms with Crippen LogP contribution in [0.5, 0.6) is 11.5 Å². The number of carboxylic acids is 1. The Morgan fingerprint density at radius 2 is 2.17 bits per heavy atom. The lowest BCUT2D eigenvalue weighted by Crippen LogP contribution is -2.41.